The average molecular weight is 316 g/mol. The quantitative estimate of drug-likeness (QED) is 0.938. The molecule has 1 N–H and O–H groups in total. The van der Waals surface area contributed by atoms with Gasteiger partial charge in [0.15, 0.2) is 11.6 Å². The van der Waals surface area contributed by atoms with E-state index in [9.17, 15) is 13.6 Å². The molecule has 2 aromatic carbocycles. The third-order valence-electron chi connectivity index (χ3n) is 4.15. The van der Waals surface area contributed by atoms with E-state index in [1.165, 1.54) is 6.07 Å². The Hall–Kier alpha value is -2.43. The minimum absolute atomic E-state index is 0.133. The second-order valence-electron chi connectivity index (χ2n) is 5.66. The lowest BCUT2D eigenvalue weighted by atomic mass is 10.1. The fourth-order valence-corrected chi connectivity index (χ4v) is 2.96. The van der Waals surface area contributed by atoms with E-state index in [4.69, 9.17) is 0 Å². The van der Waals surface area contributed by atoms with Crippen molar-refractivity contribution in [1.82, 2.24) is 5.32 Å². The van der Waals surface area contributed by atoms with Crippen molar-refractivity contribution in [3.05, 3.63) is 65.7 Å². The zero-order valence-electron chi connectivity index (χ0n) is 12.6. The van der Waals surface area contributed by atoms with Crippen molar-refractivity contribution in [3.63, 3.8) is 0 Å². The summed E-state index contributed by atoms with van der Waals surface area (Å²) in [6.45, 7) is 1.43. The number of amides is 1. The van der Waals surface area contributed by atoms with Gasteiger partial charge in [-0.15, -0.1) is 0 Å². The van der Waals surface area contributed by atoms with Crippen molar-refractivity contribution in [2.45, 2.75) is 18.9 Å². The van der Waals surface area contributed by atoms with Gasteiger partial charge < -0.3 is 10.2 Å². The highest BCUT2D eigenvalue weighted by molar-refractivity contribution is 5.94. The lowest BCUT2D eigenvalue weighted by Gasteiger charge is -2.27. The minimum Gasteiger partial charge on any atom is -0.367 e. The molecule has 2 aromatic rings. The summed E-state index contributed by atoms with van der Waals surface area (Å²) in [6.07, 6.45) is 2.06. The molecule has 1 atom stereocenters. The normalized spacial score (nSPS) is 17.3. The van der Waals surface area contributed by atoms with Crippen molar-refractivity contribution >= 4 is 11.6 Å². The number of nitrogens with one attached hydrogen (secondary N) is 1. The van der Waals surface area contributed by atoms with E-state index in [-0.39, 0.29) is 17.5 Å². The van der Waals surface area contributed by atoms with E-state index in [1.807, 2.05) is 18.2 Å². The molecule has 0 spiro atoms. The number of anilines is 1. The Balaban J connectivity index is 1.63. The highest BCUT2D eigenvalue weighted by Crippen LogP contribution is 2.24. The number of benzene rings is 2. The largest absolute Gasteiger partial charge is 0.367 e. The van der Waals surface area contributed by atoms with Gasteiger partial charge in [-0.25, -0.2) is 8.78 Å². The monoisotopic (exact) mass is 316 g/mol. The molecule has 5 heteroatoms. The smallest absolute Gasteiger partial charge is 0.251 e. The maximum absolute atomic E-state index is 13.2. The van der Waals surface area contributed by atoms with Crippen LogP contribution in [-0.4, -0.2) is 25.0 Å². The molecular formula is C18H18F2N2O. The summed E-state index contributed by atoms with van der Waals surface area (Å²) in [6, 6.07) is 13.5. The van der Waals surface area contributed by atoms with Crippen molar-refractivity contribution in [1.29, 1.82) is 0 Å². The molecule has 0 bridgehead atoms. The van der Waals surface area contributed by atoms with Crippen LogP contribution < -0.4 is 10.2 Å². The van der Waals surface area contributed by atoms with Crippen LogP contribution in [0.2, 0.25) is 0 Å². The van der Waals surface area contributed by atoms with Crippen LogP contribution in [0.4, 0.5) is 14.5 Å². The molecule has 1 aliphatic heterocycles. The topological polar surface area (TPSA) is 32.3 Å². The van der Waals surface area contributed by atoms with Crippen molar-refractivity contribution in [3.8, 4) is 0 Å². The van der Waals surface area contributed by atoms with Crippen LogP contribution in [0.1, 0.15) is 23.2 Å². The van der Waals surface area contributed by atoms with E-state index >= 15 is 0 Å². The van der Waals surface area contributed by atoms with Crippen LogP contribution in [-0.2, 0) is 0 Å². The number of carbonyl (C=O) groups excluding carboxylic acids is 1. The maximum Gasteiger partial charge on any atom is 0.251 e. The molecule has 120 valence electrons. The Morgan fingerprint density at radius 1 is 1.13 bits per heavy atom. The number of para-hydroxylation sites is 1. The van der Waals surface area contributed by atoms with Crippen LogP contribution in [0.5, 0.6) is 0 Å². The summed E-state index contributed by atoms with van der Waals surface area (Å²) < 4.78 is 26.1. The van der Waals surface area contributed by atoms with Crippen molar-refractivity contribution in [2.75, 3.05) is 18.0 Å². The predicted molar refractivity (Wildman–Crippen MR) is 85.5 cm³/mol. The average Bonchev–Trinajstić information content (AvgIpc) is 3.04. The first-order valence-corrected chi connectivity index (χ1v) is 7.70. The first-order chi connectivity index (χ1) is 11.1. The Kier molecular flexibility index (Phi) is 4.55. The summed E-state index contributed by atoms with van der Waals surface area (Å²) in [5.41, 5.74) is 1.27. The van der Waals surface area contributed by atoms with Crippen LogP contribution in [0.25, 0.3) is 0 Å². The summed E-state index contributed by atoms with van der Waals surface area (Å²) >= 11 is 0. The van der Waals surface area contributed by atoms with Gasteiger partial charge in [0, 0.05) is 30.4 Å². The molecule has 0 aliphatic carbocycles. The van der Waals surface area contributed by atoms with E-state index in [1.54, 1.807) is 0 Å². The van der Waals surface area contributed by atoms with E-state index < -0.39 is 11.6 Å². The SMILES string of the molecule is O=C(NCC1CCCN1c1ccccc1)c1ccc(F)c(F)c1. The maximum atomic E-state index is 13.2. The second-order valence-corrected chi connectivity index (χ2v) is 5.66. The third-order valence-corrected chi connectivity index (χ3v) is 4.15. The molecular weight excluding hydrogens is 298 g/mol. The van der Waals surface area contributed by atoms with Gasteiger partial charge in [-0.1, -0.05) is 18.2 Å². The number of nitrogens with zero attached hydrogens (tertiary/aromatic N) is 1. The molecule has 1 amide bonds. The van der Waals surface area contributed by atoms with E-state index in [0.29, 0.717) is 6.54 Å². The number of halogens is 2. The molecule has 1 saturated heterocycles. The van der Waals surface area contributed by atoms with Gasteiger partial charge in [0.25, 0.3) is 5.91 Å². The molecule has 0 aromatic heterocycles. The molecule has 3 rings (SSSR count). The summed E-state index contributed by atoms with van der Waals surface area (Å²) in [5, 5.41) is 2.82. The van der Waals surface area contributed by atoms with Gasteiger partial charge in [0.1, 0.15) is 0 Å². The lowest BCUT2D eigenvalue weighted by molar-refractivity contribution is 0.0951. The number of hydrogen-bond donors (Lipinski definition) is 1. The van der Waals surface area contributed by atoms with Crippen LogP contribution in [0, 0.1) is 11.6 Å². The lowest BCUT2D eigenvalue weighted by Crippen LogP contribution is -2.40. The molecule has 0 radical (unpaired) electrons. The Morgan fingerprint density at radius 3 is 2.65 bits per heavy atom. The Morgan fingerprint density at radius 2 is 1.91 bits per heavy atom. The molecule has 1 fully saturated rings. The van der Waals surface area contributed by atoms with Gasteiger partial charge in [-0.05, 0) is 43.2 Å². The standard InChI is InChI=1S/C18H18F2N2O/c19-16-9-8-13(11-17(16)20)18(23)21-12-15-7-4-10-22(15)14-5-2-1-3-6-14/h1-3,5-6,8-9,11,15H,4,7,10,12H2,(H,21,23). The molecule has 0 saturated carbocycles. The van der Waals surface area contributed by atoms with Gasteiger partial charge >= 0.3 is 0 Å². The number of carbonyl (C=O) groups is 1. The fourth-order valence-electron chi connectivity index (χ4n) is 2.96. The van der Waals surface area contributed by atoms with E-state index in [2.05, 4.69) is 22.3 Å². The van der Waals surface area contributed by atoms with Gasteiger partial charge in [-0.3, -0.25) is 4.79 Å². The first kappa shape index (κ1) is 15.5. The third kappa shape index (κ3) is 3.50. The molecule has 23 heavy (non-hydrogen) atoms. The van der Waals surface area contributed by atoms with E-state index in [0.717, 1.165) is 37.2 Å². The first-order valence-electron chi connectivity index (χ1n) is 7.70. The van der Waals surface area contributed by atoms with Crippen LogP contribution in [0.3, 0.4) is 0 Å². The van der Waals surface area contributed by atoms with Gasteiger partial charge in [0.2, 0.25) is 0 Å². The fraction of sp³-hybridized carbons (Fsp3) is 0.278. The van der Waals surface area contributed by atoms with Gasteiger partial charge in [-0.2, -0.15) is 0 Å². The Bertz CT molecular complexity index is 691. The van der Waals surface area contributed by atoms with Crippen LogP contribution >= 0.6 is 0 Å². The summed E-state index contributed by atoms with van der Waals surface area (Å²) in [7, 11) is 0. The molecule has 1 aliphatic rings. The summed E-state index contributed by atoms with van der Waals surface area (Å²) in [4.78, 5) is 14.4. The number of hydrogen-bond acceptors (Lipinski definition) is 2. The Labute approximate surface area is 133 Å². The molecule has 3 nitrogen and oxygen atoms in total. The predicted octanol–water partition coefficient (Wildman–Crippen LogP) is 3.36. The zero-order chi connectivity index (χ0) is 16.2. The second kappa shape index (κ2) is 6.77. The summed E-state index contributed by atoms with van der Waals surface area (Å²) in [5.74, 6) is -2.35. The zero-order valence-corrected chi connectivity index (χ0v) is 12.6. The highest BCUT2D eigenvalue weighted by atomic mass is 19.2. The molecule has 1 heterocycles. The highest BCUT2D eigenvalue weighted by Gasteiger charge is 2.25. The van der Waals surface area contributed by atoms with Crippen molar-refractivity contribution < 1.29 is 13.6 Å². The minimum atomic E-state index is -1.01. The van der Waals surface area contributed by atoms with Crippen LogP contribution in [0.15, 0.2) is 48.5 Å². The molecule has 1 unspecified atom stereocenters. The van der Waals surface area contributed by atoms with Crippen molar-refractivity contribution in [2.24, 2.45) is 0 Å². The van der Waals surface area contributed by atoms with Gasteiger partial charge in [0.05, 0.1) is 0 Å². The number of rotatable bonds is 4.